The first-order valence-corrected chi connectivity index (χ1v) is 11.5. The Morgan fingerprint density at radius 3 is 1.90 bits per heavy atom. The molecule has 0 spiro atoms. The van der Waals surface area contributed by atoms with Crippen LogP contribution < -0.4 is 0 Å². The molecule has 0 saturated carbocycles. The average molecular weight is 457 g/mol. The molecule has 0 heterocycles. The van der Waals surface area contributed by atoms with Gasteiger partial charge in [-0.1, -0.05) is 79.2 Å². The van der Waals surface area contributed by atoms with Gasteiger partial charge in [-0.15, -0.1) is 0 Å². The summed E-state index contributed by atoms with van der Waals surface area (Å²) in [5, 5.41) is 0. The molecule has 2 rings (SSSR count). The number of carbonyl (C=O) groups excluding carboxylic acids is 1. The van der Waals surface area contributed by atoms with Gasteiger partial charge in [-0.2, -0.15) is 0 Å². The van der Waals surface area contributed by atoms with Crippen LogP contribution in [-0.4, -0.2) is 24.4 Å². The maximum atomic E-state index is 13.4. The number of carbonyl (C=O) groups is 1. The van der Waals surface area contributed by atoms with E-state index in [1.54, 1.807) is 13.8 Å². The normalized spacial score (nSPS) is 13.4. The van der Waals surface area contributed by atoms with Crippen molar-refractivity contribution in [1.29, 1.82) is 0 Å². The lowest BCUT2D eigenvalue weighted by molar-refractivity contribution is -0.0282. The SMILES string of the molecule is CCC(OP(=O)(OCc1ccccc1)OCc1ccccc1)[C@@H](C)OC(=O)OCCl. The smallest absolute Gasteiger partial charge is 0.428 e. The van der Waals surface area contributed by atoms with Crippen molar-refractivity contribution in [3.63, 3.8) is 0 Å². The largest absolute Gasteiger partial charge is 0.509 e. The molecule has 0 saturated heterocycles. The van der Waals surface area contributed by atoms with Crippen LogP contribution in [0.5, 0.6) is 0 Å². The zero-order chi connectivity index (χ0) is 21.8. The zero-order valence-corrected chi connectivity index (χ0v) is 18.6. The molecule has 9 heteroatoms. The molecular weight excluding hydrogens is 431 g/mol. The van der Waals surface area contributed by atoms with Gasteiger partial charge in [0, 0.05) is 0 Å². The van der Waals surface area contributed by atoms with Crippen molar-refractivity contribution >= 4 is 25.6 Å². The summed E-state index contributed by atoms with van der Waals surface area (Å²) in [6.07, 6.45) is -2.06. The Morgan fingerprint density at radius 2 is 1.47 bits per heavy atom. The lowest BCUT2D eigenvalue weighted by atomic mass is 10.2. The molecule has 0 bridgehead atoms. The van der Waals surface area contributed by atoms with Gasteiger partial charge in [-0.25, -0.2) is 9.36 Å². The summed E-state index contributed by atoms with van der Waals surface area (Å²) in [4.78, 5) is 11.5. The van der Waals surface area contributed by atoms with Gasteiger partial charge >= 0.3 is 14.0 Å². The Morgan fingerprint density at radius 1 is 0.967 bits per heavy atom. The lowest BCUT2D eigenvalue weighted by Gasteiger charge is -2.27. The fourth-order valence-corrected chi connectivity index (χ4v) is 4.07. The first-order valence-electron chi connectivity index (χ1n) is 9.50. The standard InChI is InChI=1S/C21H26ClO7P/c1-3-20(17(2)28-21(23)25-16-22)29-30(24,26-14-18-10-6-4-7-11-18)27-15-19-12-8-5-9-13-19/h4-13,17,20H,3,14-16H2,1-2H3/t17-,20?/m1/s1. The second-order valence-electron chi connectivity index (χ2n) is 6.34. The highest BCUT2D eigenvalue weighted by Gasteiger charge is 2.34. The second kappa shape index (κ2) is 12.7. The molecule has 7 nitrogen and oxygen atoms in total. The second-order valence-corrected chi connectivity index (χ2v) is 8.18. The van der Waals surface area contributed by atoms with E-state index in [1.807, 2.05) is 60.7 Å². The molecule has 0 aliphatic rings. The minimum absolute atomic E-state index is 0.0346. The van der Waals surface area contributed by atoms with Crippen molar-refractivity contribution < 1.29 is 32.4 Å². The van der Waals surface area contributed by atoms with E-state index in [0.29, 0.717) is 6.42 Å². The predicted octanol–water partition coefficient (Wildman–Crippen LogP) is 6.06. The van der Waals surface area contributed by atoms with Crippen LogP contribution in [0.1, 0.15) is 31.4 Å². The van der Waals surface area contributed by atoms with Crippen molar-refractivity contribution in [1.82, 2.24) is 0 Å². The summed E-state index contributed by atoms with van der Waals surface area (Å²) in [6.45, 7) is 3.47. The summed E-state index contributed by atoms with van der Waals surface area (Å²) in [5.74, 6) is 0. The Labute approximate surface area is 181 Å². The summed E-state index contributed by atoms with van der Waals surface area (Å²) in [6, 6.07) is 18.2. The Kier molecular flexibility index (Phi) is 10.3. The van der Waals surface area contributed by atoms with Gasteiger partial charge in [-0.3, -0.25) is 13.6 Å². The Hall–Kier alpha value is -1.89. The van der Waals surface area contributed by atoms with E-state index in [0.717, 1.165) is 11.1 Å². The van der Waals surface area contributed by atoms with Gasteiger partial charge < -0.3 is 9.47 Å². The number of benzene rings is 2. The molecule has 0 aromatic heterocycles. The van der Waals surface area contributed by atoms with E-state index in [1.165, 1.54) is 0 Å². The van der Waals surface area contributed by atoms with Gasteiger partial charge in [0.05, 0.1) is 13.2 Å². The highest BCUT2D eigenvalue weighted by Crippen LogP contribution is 2.52. The first kappa shape index (κ1) is 24.4. The summed E-state index contributed by atoms with van der Waals surface area (Å²) >= 11 is 5.36. The van der Waals surface area contributed by atoms with Crippen LogP contribution in [0.4, 0.5) is 4.79 Å². The third-order valence-electron chi connectivity index (χ3n) is 4.11. The van der Waals surface area contributed by atoms with Crippen molar-refractivity contribution in [3.8, 4) is 0 Å². The maximum Gasteiger partial charge on any atom is 0.509 e. The molecule has 0 aliphatic heterocycles. The molecule has 30 heavy (non-hydrogen) atoms. The number of hydrogen-bond acceptors (Lipinski definition) is 7. The number of phosphoric acid groups is 1. The Bertz CT molecular complexity index is 756. The first-order chi connectivity index (χ1) is 14.5. The number of hydrogen-bond donors (Lipinski definition) is 0. The van der Waals surface area contributed by atoms with E-state index < -0.39 is 26.2 Å². The number of halogens is 1. The van der Waals surface area contributed by atoms with Crippen LogP contribution in [0.15, 0.2) is 60.7 Å². The van der Waals surface area contributed by atoms with Gasteiger partial charge in [0.2, 0.25) is 0 Å². The van der Waals surface area contributed by atoms with Crippen LogP contribution in [0.3, 0.4) is 0 Å². The fraction of sp³-hybridized carbons (Fsp3) is 0.381. The maximum absolute atomic E-state index is 13.4. The van der Waals surface area contributed by atoms with E-state index in [9.17, 15) is 9.36 Å². The highest BCUT2D eigenvalue weighted by atomic mass is 35.5. The summed E-state index contributed by atoms with van der Waals surface area (Å²) in [7, 11) is -3.99. The van der Waals surface area contributed by atoms with Crippen LogP contribution in [0.25, 0.3) is 0 Å². The molecule has 0 amide bonds. The Balaban J connectivity index is 2.09. The van der Waals surface area contributed by atoms with Crippen molar-refractivity contribution in [2.45, 2.75) is 45.7 Å². The molecule has 2 aromatic carbocycles. The number of alkyl halides is 1. The molecule has 164 valence electrons. The van der Waals surface area contributed by atoms with E-state index in [-0.39, 0.29) is 19.3 Å². The van der Waals surface area contributed by atoms with Crippen LogP contribution in [-0.2, 0) is 40.8 Å². The molecular formula is C21H26ClO7P. The zero-order valence-electron chi connectivity index (χ0n) is 16.9. The molecule has 0 aliphatic carbocycles. The molecule has 0 N–H and O–H groups in total. The quantitative estimate of drug-likeness (QED) is 0.218. The lowest BCUT2D eigenvalue weighted by Crippen LogP contribution is -2.30. The third-order valence-corrected chi connectivity index (χ3v) is 5.64. The molecule has 0 fully saturated rings. The van der Waals surface area contributed by atoms with E-state index in [4.69, 9.17) is 29.9 Å². The van der Waals surface area contributed by atoms with Gasteiger partial charge in [0.15, 0.2) is 6.07 Å². The number of ether oxygens (including phenoxy) is 2. The molecule has 1 unspecified atom stereocenters. The van der Waals surface area contributed by atoms with Gasteiger partial charge in [-0.05, 0) is 24.5 Å². The van der Waals surface area contributed by atoms with Crippen LogP contribution >= 0.6 is 19.4 Å². The predicted molar refractivity (Wildman–Crippen MR) is 113 cm³/mol. The monoisotopic (exact) mass is 456 g/mol. The fourth-order valence-electron chi connectivity index (χ4n) is 2.52. The summed E-state index contributed by atoms with van der Waals surface area (Å²) < 4.78 is 40.0. The topological polar surface area (TPSA) is 80.3 Å². The molecule has 0 radical (unpaired) electrons. The van der Waals surface area contributed by atoms with E-state index in [2.05, 4.69) is 4.74 Å². The summed E-state index contributed by atoms with van der Waals surface area (Å²) in [5.41, 5.74) is 1.63. The van der Waals surface area contributed by atoms with Crippen molar-refractivity contribution in [2.75, 3.05) is 6.07 Å². The molecule has 2 aromatic rings. The number of rotatable bonds is 12. The third kappa shape index (κ3) is 8.46. The van der Waals surface area contributed by atoms with Crippen molar-refractivity contribution in [2.24, 2.45) is 0 Å². The highest BCUT2D eigenvalue weighted by molar-refractivity contribution is 7.48. The number of phosphoric ester groups is 1. The van der Waals surface area contributed by atoms with E-state index >= 15 is 0 Å². The minimum Gasteiger partial charge on any atom is -0.428 e. The van der Waals surface area contributed by atoms with Crippen molar-refractivity contribution in [3.05, 3.63) is 71.8 Å². The minimum atomic E-state index is -3.99. The van der Waals surface area contributed by atoms with Crippen LogP contribution in [0.2, 0.25) is 0 Å². The van der Waals surface area contributed by atoms with Gasteiger partial charge in [0.25, 0.3) is 0 Å². The van der Waals surface area contributed by atoms with Crippen LogP contribution in [0, 0.1) is 0 Å². The molecule has 2 atom stereocenters. The van der Waals surface area contributed by atoms with Gasteiger partial charge in [0.1, 0.15) is 12.2 Å². The average Bonchev–Trinajstić information content (AvgIpc) is 2.76.